The van der Waals surface area contributed by atoms with Crippen molar-refractivity contribution < 1.29 is 118 Å². The Morgan fingerprint density at radius 3 is 0.846 bits per heavy atom. The second kappa shape index (κ2) is 42.0. The van der Waals surface area contributed by atoms with Crippen LogP contribution in [0.1, 0.15) is 34.7 Å². The van der Waals surface area contributed by atoms with Gasteiger partial charge in [-0.2, -0.15) is 5.26 Å². The van der Waals surface area contributed by atoms with Crippen LogP contribution in [0.15, 0.2) is 148 Å². The molecule has 0 aliphatic heterocycles. The molecule has 5 aromatic heterocycles. The predicted octanol–water partition coefficient (Wildman–Crippen LogP) is -3.67. The molecule has 0 aliphatic carbocycles. The van der Waals surface area contributed by atoms with E-state index >= 15 is 0 Å². The third-order valence-electron chi connectivity index (χ3n) is 6.06. The number of oxime groups is 5. The van der Waals surface area contributed by atoms with Gasteiger partial charge in [-0.25, -0.2) is 16.8 Å². The minimum absolute atomic E-state index is 0. The zero-order valence-electron chi connectivity index (χ0n) is 34.5. The molecule has 0 aliphatic rings. The number of nitriles is 1. The van der Waals surface area contributed by atoms with Gasteiger partial charge in [0.25, 0.3) is 0 Å². The predicted molar refractivity (Wildman–Crippen MR) is 244 cm³/mol. The van der Waals surface area contributed by atoms with E-state index in [-0.39, 0.29) is 48.0 Å². The Labute approximate surface area is 438 Å². The zero-order chi connectivity index (χ0) is 47.9. The Bertz CT molecular complexity index is 2120. The molecule has 5 N–H and O–H groups in total. The molecule has 0 saturated carbocycles. The number of aromatic nitrogens is 5. The van der Waals surface area contributed by atoms with Gasteiger partial charge < -0.3 is 83.1 Å². The summed E-state index contributed by atoms with van der Waals surface area (Å²) in [6.45, 7) is 2.75. The van der Waals surface area contributed by atoms with Crippen LogP contribution in [0.2, 0.25) is 0 Å². The fourth-order valence-electron chi connectivity index (χ4n) is 3.76. The fraction of sp³-hybridized carbons (Fsp3) is 0.162. The van der Waals surface area contributed by atoms with Crippen LogP contribution >= 0.6 is 45.2 Å². The minimum Gasteiger partial charge on any atom is -1.00 e. The van der Waals surface area contributed by atoms with Crippen LogP contribution in [0.4, 0.5) is 0 Å². The normalized spacial score (nSPS) is 10.2. The first-order valence-electron chi connectivity index (χ1n) is 16.9. The average molecular weight is 1390 g/mol. The van der Waals surface area contributed by atoms with Crippen molar-refractivity contribution in [2.24, 2.45) is 25.8 Å². The van der Waals surface area contributed by atoms with Gasteiger partial charge in [0, 0.05) is 103 Å². The highest BCUT2D eigenvalue weighted by atomic mass is 127. The third-order valence-corrected chi connectivity index (χ3v) is 6.06. The third kappa shape index (κ3) is 44.3. The second-order valence-corrected chi connectivity index (χ2v) is 18.4. The molecule has 0 bridgehead atoms. The number of hydrogen-bond donors (Lipinski definition) is 5. The van der Waals surface area contributed by atoms with Gasteiger partial charge in [0.15, 0.2) is 49.6 Å². The number of hydrogen-bond acceptors (Lipinski definition) is 18. The van der Waals surface area contributed by atoms with Crippen LogP contribution in [0.3, 0.4) is 0 Å². The summed E-state index contributed by atoms with van der Waals surface area (Å²) in [4.78, 5) is 3.78. The minimum atomic E-state index is -3.92. The van der Waals surface area contributed by atoms with Crippen molar-refractivity contribution in [1.82, 2.24) is 4.98 Å². The second-order valence-electron chi connectivity index (χ2n) is 11.1. The van der Waals surface area contributed by atoms with E-state index in [4.69, 9.17) is 57.2 Å². The number of pyridine rings is 5. The van der Waals surface area contributed by atoms with E-state index in [2.05, 4.69) is 75.9 Å². The number of halogens is 4. The fourth-order valence-corrected chi connectivity index (χ4v) is 3.76. The molecule has 0 amide bonds. The van der Waals surface area contributed by atoms with E-state index in [1.807, 2.05) is 116 Å². The first-order valence-corrected chi connectivity index (χ1v) is 23.6. The van der Waals surface area contributed by atoms with Gasteiger partial charge in [-0.1, -0.05) is 71.0 Å². The van der Waals surface area contributed by atoms with Crippen LogP contribution in [-0.4, -0.2) is 103 Å². The molecule has 5 heterocycles. The monoisotopic (exact) mass is 1390 g/mol. The summed E-state index contributed by atoms with van der Waals surface area (Å²) in [5.41, 5.74) is 4.17. The first-order chi connectivity index (χ1) is 29.9. The van der Waals surface area contributed by atoms with Gasteiger partial charge in [-0.3, -0.25) is 4.98 Å². The lowest BCUT2D eigenvalue weighted by atomic mass is 10.3. The molecule has 22 nitrogen and oxygen atoms in total. The van der Waals surface area contributed by atoms with Crippen LogP contribution in [0, 0.1) is 11.3 Å². The van der Waals surface area contributed by atoms with E-state index in [0.717, 1.165) is 27.8 Å². The zero-order valence-corrected chi connectivity index (χ0v) is 44.8. The maximum atomic E-state index is 9.08. The highest BCUT2D eigenvalue weighted by Crippen LogP contribution is 1.93. The van der Waals surface area contributed by atoms with Gasteiger partial charge in [-0.15, -0.1) is 18.3 Å². The molecule has 0 aromatic carbocycles. The highest BCUT2D eigenvalue weighted by Gasteiger charge is 2.08. The van der Waals surface area contributed by atoms with E-state index < -0.39 is 20.2 Å². The largest absolute Gasteiger partial charge is 1.00 e. The maximum absolute atomic E-state index is 9.08. The molecule has 5 aromatic rings. The van der Waals surface area contributed by atoms with Gasteiger partial charge in [0.2, 0.25) is 0 Å². The van der Waals surface area contributed by atoms with Crippen LogP contribution in [0.5, 0.6) is 0 Å². The van der Waals surface area contributed by atoms with Gasteiger partial charge in [0.1, 0.15) is 0 Å². The topological polar surface area (TPSA) is 330 Å². The van der Waals surface area contributed by atoms with Crippen molar-refractivity contribution in [3.8, 4) is 6.07 Å². The molecule has 0 atom stereocenters. The van der Waals surface area contributed by atoms with Crippen molar-refractivity contribution in [3.05, 3.63) is 150 Å². The number of alkyl halides is 2. The lowest BCUT2D eigenvalue weighted by molar-refractivity contribution is -0.913. The molecule has 0 radical (unpaired) electrons. The SMILES string of the molecule is CC#N.CS(=O)(=O)[O-].CS(=O)(=O)[O-].ICI.O/N=C\c1ccncc1.ON=Cc1cc[n+](C[n+]2ccc(C=NO)cc2)cc1.ON=Cc1cc[n+](C[n+]2ccc(C=NO)cc2)cc1.[I-].[I-]. The molecule has 0 spiro atoms. The van der Waals surface area contributed by atoms with Crippen molar-refractivity contribution in [2.75, 3.05) is 14.9 Å². The van der Waals surface area contributed by atoms with Crippen molar-refractivity contribution in [2.45, 2.75) is 20.3 Å². The Hall–Kier alpha value is -4.67. The summed E-state index contributed by atoms with van der Waals surface area (Å²) in [6.07, 6.45) is 26.5. The van der Waals surface area contributed by atoms with Crippen molar-refractivity contribution in [3.63, 3.8) is 0 Å². The molecule has 0 fully saturated rings. The first kappa shape index (κ1) is 66.9. The molecule has 0 unspecified atom stereocenters. The lowest BCUT2D eigenvalue weighted by Crippen LogP contribution is -3.00. The summed E-state index contributed by atoms with van der Waals surface area (Å²) >= 11 is 4.55. The van der Waals surface area contributed by atoms with E-state index in [1.165, 1.54) is 40.4 Å². The Morgan fingerprint density at radius 2 is 0.692 bits per heavy atom. The highest BCUT2D eigenvalue weighted by molar-refractivity contribution is 14.2. The van der Waals surface area contributed by atoms with Gasteiger partial charge in [0.05, 0.1) is 59.8 Å². The van der Waals surface area contributed by atoms with Gasteiger partial charge in [-0.05, 0) is 17.7 Å². The Morgan fingerprint density at radius 1 is 0.538 bits per heavy atom. The summed E-state index contributed by atoms with van der Waals surface area (Å²) in [5.74, 6) is 0. The van der Waals surface area contributed by atoms with Gasteiger partial charge >= 0.3 is 13.3 Å². The molecular weight excluding hydrogens is 1350 g/mol. The molecule has 28 heteroatoms. The maximum Gasteiger partial charge on any atom is 0.343 e. The van der Waals surface area contributed by atoms with Crippen molar-refractivity contribution in [1.29, 1.82) is 5.26 Å². The van der Waals surface area contributed by atoms with Crippen molar-refractivity contribution >= 4 is 96.5 Å². The van der Waals surface area contributed by atoms with E-state index in [1.54, 1.807) is 30.6 Å². The summed E-state index contributed by atoms with van der Waals surface area (Å²) in [5, 5.41) is 63.8. The smallest absolute Gasteiger partial charge is 0.343 e. The van der Waals surface area contributed by atoms with E-state index in [9.17, 15) is 0 Å². The molecular formula is C37H45I4N11O11S2. The number of rotatable bonds is 9. The lowest BCUT2D eigenvalue weighted by Gasteiger charge is -1.95. The Balaban J connectivity index is -0.000000375. The molecule has 65 heavy (non-hydrogen) atoms. The quantitative estimate of drug-likeness (QED) is 0.0181. The summed E-state index contributed by atoms with van der Waals surface area (Å²) < 4.78 is 63.6. The van der Waals surface area contributed by atoms with Crippen LogP contribution in [-0.2, 0) is 33.6 Å². The Kier molecular flexibility index (Phi) is 43.2. The van der Waals surface area contributed by atoms with E-state index in [0.29, 0.717) is 25.8 Å². The molecule has 0 saturated heterocycles. The molecule has 5 rings (SSSR count). The summed E-state index contributed by atoms with van der Waals surface area (Å²) in [6, 6.07) is 20.1. The molecule has 354 valence electrons. The van der Waals surface area contributed by atoms with Crippen LogP contribution < -0.4 is 66.2 Å². The van der Waals surface area contributed by atoms with Crippen LogP contribution in [0.25, 0.3) is 0 Å². The standard InChI is InChI=1S/2C13H12N4O2.C6H6N2O.C2H3N.CH2I2.2CH4O3S.2HI/c2*18-14-9-12-1-5-16(6-2-12)11-17-7-3-13(4-8-17)10-15-19;9-8-5-6-1-3-7-4-2-6;1-2-3;2-1-3;2*1-5(2,3)4;;/h2*1-10H,11H2;1-5,9H;1H3;1H2;2*1H3,(H,2,3,4);2*1H/b;;8-5-;;;;;;. The number of nitrogens with zero attached hydrogens (tertiary/aromatic N) is 11. The summed E-state index contributed by atoms with van der Waals surface area (Å²) in [7, 11) is -7.83. The average Bonchev–Trinajstić information content (AvgIpc) is 3.22.